The van der Waals surface area contributed by atoms with Gasteiger partial charge in [0.1, 0.15) is 46.7 Å². The number of nitrogens with one attached hydrogen (secondary N) is 1. The number of hydrogen-bond donors (Lipinski definition) is 2. The molecule has 24 nitrogen and oxygen atoms in total. The molecular weight excluding hydrogens is 1110 g/mol. The molecule has 0 saturated carbocycles. The molecule has 6 rings (SSSR count). The topological polar surface area (TPSA) is 322 Å². The van der Waals surface area contributed by atoms with Crippen LogP contribution in [-0.4, -0.2) is 189 Å². The fraction of sp³-hybridized carbons (Fsp3) is 0.690. The molecule has 0 radical (unpaired) electrons. The van der Waals surface area contributed by atoms with E-state index in [9.17, 15) is 52.7 Å². The van der Waals surface area contributed by atoms with Crippen LogP contribution in [0.25, 0.3) is 0 Å². The largest absolute Gasteiger partial charge is 0.550 e. The standard InChI is InChI=1S/C15H19NO3.C14H23NO5.C13H21NO5.C8H13NO3.C6H11NO.C2H4O2.ClH/c1-2-19-15(18)13-8-9-16(11-14(13)17)10-12-6-4-3-5-7-12;1-6-19-11(17)14(5)7-8-15(9-10(14)16)12(18)20-13(2,3)4;1-5-18-11(16)9-6-7-14(8-10(9)15)12(17)19-13(2,3)4;1-2-12-8(11)6-3-4-9-5-7(6)10;1-5-2-3-7-4-6(5)8;1-2(3)4;/h3-7,13H,2,8-11H2,1H3;6-9H2,1-5H3;9H,5-8H2,1-4H3;6,9H,2-5H2,1H3;5,7H,2-4H2,1H3;1H3,(H,3,4);1H. The van der Waals surface area contributed by atoms with Gasteiger partial charge in [0, 0.05) is 44.5 Å². The number of carboxylic acids is 1. The van der Waals surface area contributed by atoms with E-state index in [2.05, 4.69) is 10.2 Å². The molecule has 5 saturated heterocycles. The van der Waals surface area contributed by atoms with E-state index in [-0.39, 0.29) is 86.6 Å². The van der Waals surface area contributed by atoms with Crippen molar-refractivity contribution in [2.75, 3.05) is 91.9 Å². The highest BCUT2D eigenvalue weighted by Crippen LogP contribution is 2.30. The number of halogens is 1. The SMILES string of the molecule is CC(=O)[O-].CC1CCNCC1=O.CCOC(=O)C1(C)CCN(C(=O)OC(C)(C)C)CC1=O.CCOC(=O)C1CCN(C(=O)OC(C)(C)C)CC1=O.CCOC(=O)C1CCN(Cc2ccccc2)CC1=O.CCOC(=O)C1CC[NH2+]CC1=O.Cl. The van der Waals surface area contributed by atoms with Gasteiger partial charge in [0.2, 0.25) is 5.78 Å². The van der Waals surface area contributed by atoms with Gasteiger partial charge in [0.25, 0.3) is 0 Å². The highest BCUT2D eigenvalue weighted by atomic mass is 35.5. The first-order valence-corrected chi connectivity index (χ1v) is 28.1. The molecule has 470 valence electrons. The van der Waals surface area contributed by atoms with E-state index in [1.165, 1.54) is 15.4 Å². The summed E-state index contributed by atoms with van der Waals surface area (Å²) in [7, 11) is 0. The lowest BCUT2D eigenvalue weighted by Gasteiger charge is -2.36. The number of carboxylic acid groups (broad SMARTS) is 1. The van der Waals surface area contributed by atoms with Crippen molar-refractivity contribution in [3.8, 4) is 0 Å². The maximum absolute atomic E-state index is 12.2. The molecule has 5 aliphatic rings. The molecule has 25 heteroatoms. The number of ketones is 5. The Hall–Kier alpha value is -6.37. The molecule has 5 unspecified atom stereocenters. The van der Waals surface area contributed by atoms with E-state index in [0.717, 1.165) is 39.5 Å². The molecule has 1 aromatic carbocycles. The van der Waals surface area contributed by atoms with Crippen LogP contribution in [0.2, 0.25) is 0 Å². The summed E-state index contributed by atoms with van der Waals surface area (Å²) in [5.74, 6) is -4.61. The van der Waals surface area contributed by atoms with E-state index >= 15 is 0 Å². The van der Waals surface area contributed by atoms with Crippen LogP contribution < -0.4 is 15.7 Å². The predicted molar refractivity (Wildman–Crippen MR) is 302 cm³/mol. The Morgan fingerprint density at radius 1 is 0.639 bits per heavy atom. The molecule has 0 bridgehead atoms. The Kier molecular flexibility index (Phi) is 35.5. The number of rotatable bonds is 10. The molecule has 5 heterocycles. The number of amides is 2. The second-order valence-electron chi connectivity index (χ2n) is 22.0. The van der Waals surface area contributed by atoms with Gasteiger partial charge >= 0.3 is 36.1 Å². The number of Topliss-reactive ketones (excluding diaryl/α,β-unsaturated/α-hetero) is 5. The van der Waals surface area contributed by atoms with Gasteiger partial charge in [-0.3, -0.25) is 48.1 Å². The first-order chi connectivity index (χ1) is 38.3. The molecule has 0 aromatic heterocycles. The summed E-state index contributed by atoms with van der Waals surface area (Å²) in [6, 6.07) is 10.0. The van der Waals surface area contributed by atoms with Crippen LogP contribution in [0.3, 0.4) is 0 Å². The first kappa shape index (κ1) is 76.6. The van der Waals surface area contributed by atoms with Gasteiger partial charge in [-0.2, -0.15) is 0 Å². The van der Waals surface area contributed by atoms with Gasteiger partial charge in [-0.05, 0) is 121 Å². The quantitative estimate of drug-likeness (QED) is 0.193. The highest BCUT2D eigenvalue weighted by Gasteiger charge is 2.47. The Morgan fingerprint density at radius 3 is 1.49 bits per heavy atom. The van der Waals surface area contributed by atoms with E-state index in [1.807, 2.05) is 42.6 Å². The maximum Gasteiger partial charge on any atom is 0.410 e. The van der Waals surface area contributed by atoms with E-state index in [4.69, 9.17) is 38.3 Å². The number of carbonyl (C=O) groups excluding carboxylic acids is 12. The van der Waals surface area contributed by atoms with Crippen molar-refractivity contribution in [1.82, 2.24) is 20.0 Å². The number of quaternary nitrogens is 1. The van der Waals surface area contributed by atoms with Crippen molar-refractivity contribution in [1.29, 1.82) is 0 Å². The van der Waals surface area contributed by atoms with Gasteiger partial charge in [-0.25, -0.2) is 9.59 Å². The van der Waals surface area contributed by atoms with Gasteiger partial charge in [-0.15, -0.1) is 12.4 Å². The number of benzene rings is 1. The fourth-order valence-electron chi connectivity index (χ4n) is 8.25. The van der Waals surface area contributed by atoms with E-state index < -0.39 is 64.5 Å². The predicted octanol–water partition coefficient (Wildman–Crippen LogP) is 2.85. The number of aliphatic carboxylic acids is 1. The lowest BCUT2D eigenvalue weighted by atomic mass is 9.79. The number of piperidine rings is 5. The number of esters is 4. The molecule has 2 amide bonds. The Morgan fingerprint density at radius 2 is 1.10 bits per heavy atom. The summed E-state index contributed by atoms with van der Waals surface area (Å²) in [5, 5.41) is 13.8. The molecular formula is C58H92ClN5O19. The second-order valence-corrected chi connectivity index (χ2v) is 22.0. The Bertz CT molecular complexity index is 2300. The van der Waals surface area contributed by atoms with Crippen molar-refractivity contribution in [2.24, 2.45) is 29.1 Å². The lowest BCUT2D eigenvalue weighted by molar-refractivity contribution is -0.649. The molecule has 5 atom stereocenters. The van der Waals surface area contributed by atoms with Gasteiger partial charge in [-0.1, -0.05) is 37.3 Å². The normalized spacial score (nSPS) is 21.6. The number of nitrogens with two attached hydrogens (primary N) is 1. The van der Waals surface area contributed by atoms with Crippen LogP contribution >= 0.6 is 12.4 Å². The zero-order valence-electron chi connectivity index (χ0n) is 50.9. The average molecular weight is 1200 g/mol. The zero-order chi connectivity index (χ0) is 62.4. The molecule has 3 N–H and O–H groups in total. The second kappa shape index (κ2) is 38.5. The first-order valence-electron chi connectivity index (χ1n) is 28.1. The molecule has 1 aromatic rings. The monoisotopic (exact) mass is 1200 g/mol. The lowest BCUT2D eigenvalue weighted by Crippen LogP contribution is -2.88. The smallest absolute Gasteiger partial charge is 0.410 e. The Labute approximate surface area is 494 Å². The van der Waals surface area contributed by atoms with E-state index in [0.29, 0.717) is 70.5 Å². The van der Waals surface area contributed by atoms with Crippen LogP contribution in [0, 0.1) is 29.1 Å². The van der Waals surface area contributed by atoms with Gasteiger partial charge in [0.15, 0.2) is 17.3 Å². The fourth-order valence-corrected chi connectivity index (χ4v) is 8.25. The van der Waals surface area contributed by atoms with Crippen molar-refractivity contribution >= 4 is 83.4 Å². The third kappa shape index (κ3) is 29.6. The molecule has 83 heavy (non-hydrogen) atoms. The van der Waals surface area contributed by atoms with Crippen LogP contribution in [0.4, 0.5) is 9.59 Å². The van der Waals surface area contributed by atoms with Gasteiger partial charge < -0.3 is 58.8 Å². The third-order valence-electron chi connectivity index (χ3n) is 12.7. The van der Waals surface area contributed by atoms with Crippen LogP contribution in [0.15, 0.2) is 30.3 Å². The summed E-state index contributed by atoms with van der Waals surface area (Å²) in [6.07, 6.45) is 1.68. The summed E-state index contributed by atoms with van der Waals surface area (Å²) in [6.45, 7) is 28.3. The highest BCUT2D eigenvalue weighted by molar-refractivity contribution is 6.06. The van der Waals surface area contributed by atoms with Crippen molar-refractivity contribution in [3.05, 3.63) is 35.9 Å². The molecule has 0 aliphatic carbocycles. The number of likely N-dealkylation sites (tertiary alicyclic amines) is 3. The molecule has 5 fully saturated rings. The average Bonchev–Trinajstić information content (AvgIpc) is 3.59. The van der Waals surface area contributed by atoms with E-state index in [1.54, 1.807) is 76.2 Å². The Balaban J connectivity index is 0.00000102. The number of hydrogen-bond acceptors (Lipinski definition) is 21. The van der Waals surface area contributed by atoms with Crippen molar-refractivity contribution < 1.29 is 96.4 Å². The molecule has 0 spiro atoms. The summed E-state index contributed by atoms with van der Waals surface area (Å²) < 4.78 is 29.9. The number of ether oxygens (including phenoxy) is 6. The van der Waals surface area contributed by atoms with Crippen LogP contribution in [-0.2, 0) is 82.9 Å². The summed E-state index contributed by atoms with van der Waals surface area (Å²) in [5.41, 5.74) is -1.18. The van der Waals surface area contributed by atoms with Gasteiger partial charge in [0.05, 0.1) is 59.2 Å². The zero-order valence-corrected chi connectivity index (χ0v) is 51.7. The number of carbonyl (C=O) groups is 12. The minimum atomic E-state index is -1.16. The molecule has 5 aliphatic heterocycles. The minimum Gasteiger partial charge on any atom is -0.550 e. The van der Waals surface area contributed by atoms with Crippen molar-refractivity contribution in [2.45, 2.75) is 140 Å². The summed E-state index contributed by atoms with van der Waals surface area (Å²) >= 11 is 0. The maximum atomic E-state index is 12.2. The van der Waals surface area contributed by atoms with Crippen molar-refractivity contribution in [3.63, 3.8) is 0 Å². The number of nitrogens with zero attached hydrogens (tertiary/aromatic N) is 3. The minimum absolute atomic E-state index is 0. The van der Waals surface area contributed by atoms with Crippen LogP contribution in [0.1, 0.15) is 128 Å². The summed E-state index contributed by atoms with van der Waals surface area (Å²) in [4.78, 5) is 141. The van der Waals surface area contributed by atoms with Crippen LogP contribution in [0.5, 0.6) is 0 Å². The third-order valence-corrected chi connectivity index (χ3v) is 12.7.